The number of pyridine rings is 1. The summed E-state index contributed by atoms with van der Waals surface area (Å²) in [5.74, 6) is -0.481. The van der Waals surface area contributed by atoms with E-state index in [9.17, 15) is 9.59 Å². The van der Waals surface area contributed by atoms with Crippen LogP contribution in [0.4, 0.5) is 0 Å². The summed E-state index contributed by atoms with van der Waals surface area (Å²) in [6, 6.07) is 1.49. The van der Waals surface area contributed by atoms with Gasteiger partial charge in [-0.15, -0.1) is 0 Å². The average Bonchev–Trinajstić information content (AvgIpc) is 2.16. The number of hydrogen-bond acceptors (Lipinski definition) is 4. The van der Waals surface area contributed by atoms with E-state index in [-0.39, 0.29) is 5.69 Å². The number of carbonyl (C=O) groups is 2. The van der Waals surface area contributed by atoms with Gasteiger partial charge in [-0.25, -0.2) is 4.79 Å². The van der Waals surface area contributed by atoms with Crippen molar-refractivity contribution in [1.82, 2.24) is 4.98 Å². The molecule has 0 saturated heterocycles. The maximum absolute atomic E-state index is 11.0. The van der Waals surface area contributed by atoms with Crippen molar-refractivity contribution in [2.24, 2.45) is 0 Å². The van der Waals surface area contributed by atoms with Gasteiger partial charge in [0.05, 0.1) is 12.7 Å². The molecule has 68 valence electrons. The van der Waals surface area contributed by atoms with Gasteiger partial charge in [-0.3, -0.25) is 9.78 Å². The summed E-state index contributed by atoms with van der Waals surface area (Å²) in [6.07, 6.45) is 1.89. The van der Waals surface area contributed by atoms with E-state index in [0.29, 0.717) is 16.3 Å². The smallest absolute Gasteiger partial charge is 0.339 e. The van der Waals surface area contributed by atoms with Crippen molar-refractivity contribution in [1.29, 1.82) is 0 Å². The third-order valence-electron chi connectivity index (χ3n) is 1.40. The van der Waals surface area contributed by atoms with Crippen molar-refractivity contribution < 1.29 is 14.3 Å². The third-order valence-corrected chi connectivity index (χ3v) is 2.04. The first-order chi connectivity index (χ1) is 6.19. The summed E-state index contributed by atoms with van der Waals surface area (Å²) >= 11 is 3.10. The molecule has 0 saturated carbocycles. The lowest BCUT2D eigenvalue weighted by molar-refractivity contribution is 0.0600. The van der Waals surface area contributed by atoms with E-state index < -0.39 is 5.97 Å². The largest absolute Gasteiger partial charge is 0.465 e. The molecular formula is C8H6BrNO3. The van der Waals surface area contributed by atoms with Crippen LogP contribution in [0, 0.1) is 0 Å². The van der Waals surface area contributed by atoms with E-state index in [2.05, 4.69) is 25.7 Å². The summed E-state index contributed by atoms with van der Waals surface area (Å²) in [7, 11) is 1.28. The van der Waals surface area contributed by atoms with Crippen LogP contribution < -0.4 is 0 Å². The highest BCUT2D eigenvalue weighted by Crippen LogP contribution is 2.14. The summed E-state index contributed by atoms with van der Waals surface area (Å²) in [5.41, 5.74) is 0.563. The van der Waals surface area contributed by atoms with Crippen molar-refractivity contribution in [2.45, 2.75) is 0 Å². The number of halogens is 1. The molecule has 0 bridgehead atoms. The number of esters is 1. The van der Waals surface area contributed by atoms with Crippen LogP contribution in [0.25, 0.3) is 0 Å². The number of rotatable bonds is 2. The molecule has 0 unspecified atom stereocenters. The van der Waals surface area contributed by atoms with E-state index in [1.807, 2.05) is 0 Å². The first kappa shape index (κ1) is 9.85. The summed E-state index contributed by atoms with van der Waals surface area (Å²) in [6.45, 7) is 0. The summed E-state index contributed by atoms with van der Waals surface area (Å²) in [5, 5.41) is 0. The van der Waals surface area contributed by atoms with Gasteiger partial charge in [0.2, 0.25) is 0 Å². The number of aromatic nitrogens is 1. The SMILES string of the molecule is COC(=O)c1cnc(C=O)c(Br)c1. The Morgan fingerprint density at radius 1 is 1.69 bits per heavy atom. The fraction of sp³-hybridized carbons (Fsp3) is 0.125. The lowest BCUT2D eigenvalue weighted by Crippen LogP contribution is -2.03. The zero-order chi connectivity index (χ0) is 9.84. The molecule has 0 atom stereocenters. The van der Waals surface area contributed by atoms with E-state index in [1.165, 1.54) is 19.4 Å². The number of nitrogens with zero attached hydrogens (tertiary/aromatic N) is 1. The molecular weight excluding hydrogens is 238 g/mol. The van der Waals surface area contributed by atoms with Gasteiger partial charge in [0.1, 0.15) is 5.69 Å². The predicted octanol–water partition coefficient (Wildman–Crippen LogP) is 1.44. The minimum absolute atomic E-state index is 0.257. The van der Waals surface area contributed by atoms with Gasteiger partial charge in [-0.1, -0.05) is 0 Å². The van der Waals surface area contributed by atoms with Crippen LogP contribution in [0.1, 0.15) is 20.8 Å². The molecule has 0 aromatic carbocycles. The van der Waals surface area contributed by atoms with Gasteiger partial charge in [-0.2, -0.15) is 0 Å². The monoisotopic (exact) mass is 243 g/mol. The van der Waals surface area contributed by atoms with E-state index in [1.54, 1.807) is 0 Å². The van der Waals surface area contributed by atoms with Gasteiger partial charge in [0.15, 0.2) is 6.29 Å². The maximum Gasteiger partial charge on any atom is 0.339 e. The average molecular weight is 244 g/mol. The zero-order valence-electron chi connectivity index (χ0n) is 6.78. The Morgan fingerprint density at radius 3 is 2.85 bits per heavy atom. The quantitative estimate of drug-likeness (QED) is 0.583. The molecule has 0 aliphatic carbocycles. The molecule has 13 heavy (non-hydrogen) atoms. The second kappa shape index (κ2) is 4.13. The summed E-state index contributed by atoms with van der Waals surface area (Å²) < 4.78 is 4.95. The van der Waals surface area contributed by atoms with Crippen molar-refractivity contribution in [3.05, 3.63) is 28.0 Å². The molecule has 1 rings (SSSR count). The molecule has 1 aromatic heterocycles. The topological polar surface area (TPSA) is 56.3 Å². The minimum atomic E-state index is -0.481. The van der Waals surface area contributed by atoms with Crippen LogP contribution in [-0.2, 0) is 4.74 Å². The van der Waals surface area contributed by atoms with Crippen molar-refractivity contribution >= 4 is 28.2 Å². The molecule has 0 radical (unpaired) electrons. The first-order valence-electron chi connectivity index (χ1n) is 3.38. The molecule has 1 heterocycles. The zero-order valence-corrected chi connectivity index (χ0v) is 8.37. The Balaban J connectivity index is 3.09. The molecule has 4 nitrogen and oxygen atoms in total. The van der Waals surface area contributed by atoms with Crippen molar-refractivity contribution in [2.75, 3.05) is 7.11 Å². The second-order valence-electron chi connectivity index (χ2n) is 2.20. The molecule has 0 fully saturated rings. The molecule has 0 N–H and O–H groups in total. The van der Waals surface area contributed by atoms with Gasteiger partial charge >= 0.3 is 5.97 Å². The fourth-order valence-electron chi connectivity index (χ4n) is 0.765. The molecule has 0 spiro atoms. The van der Waals surface area contributed by atoms with Crippen molar-refractivity contribution in [3.8, 4) is 0 Å². The lowest BCUT2D eigenvalue weighted by Gasteiger charge is -1.99. The van der Waals surface area contributed by atoms with E-state index in [4.69, 9.17) is 0 Å². The van der Waals surface area contributed by atoms with Gasteiger partial charge < -0.3 is 4.74 Å². The minimum Gasteiger partial charge on any atom is -0.465 e. The normalized spacial score (nSPS) is 9.38. The highest BCUT2D eigenvalue weighted by Gasteiger charge is 2.08. The van der Waals surface area contributed by atoms with Crippen LogP contribution in [0.3, 0.4) is 0 Å². The van der Waals surface area contributed by atoms with Gasteiger partial charge in [0, 0.05) is 10.7 Å². The van der Waals surface area contributed by atoms with Crippen LogP contribution in [0.15, 0.2) is 16.7 Å². The Labute approximate surface area is 83.1 Å². The lowest BCUT2D eigenvalue weighted by atomic mass is 10.2. The van der Waals surface area contributed by atoms with Crippen LogP contribution >= 0.6 is 15.9 Å². The molecule has 0 aliphatic rings. The number of carbonyl (C=O) groups excluding carboxylic acids is 2. The van der Waals surface area contributed by atoms with Crippen LogP contribution in [0.2, 0.25) is 0 Å². The molecule has 5 heteroatoms. The van der Waals surface area contributed by atoms with E-state index in [0.717, 1.165) is 0 Å². The fourth-order valence-corrected chi connectivity index (χ4v) is 1.21. The van der Waals surface area contributed by atoms with E-state index >= 15 is 0 Å². The molecule has 0 aliphatic heterocycles. The second-order valence-corrected chi connectivity index (χ2v) is 3.05. The number of ether oxygens (including phenoxy) is 1. The number of hydrogen-bond donors (Lipinski definition) is 0. The number of aldehydes is 1. The highest BCUT2D eigenvalue weighted by molar-refractivity contribution is 9.10. The van der Waals surface area contributed by atoms with Crippen molar-refractivity contribution in [3.63, 3.8) is 0 Å². The highest BCUT2D eigenvalue weighted by atomic mass is 79.9. The maximum atomic E-state index is 11.0. The molecule has 1 aromatic rings. The Morgan fingerprint density at radius 2 is 2.38 bits per heavy atom. The van der Waals surface area contributed by atoms with Gasteiger partial charge in [-0.05, 0) is 22.0 Å². The van der Waals surface area contributed by atoms with Gasteiger partial charge in [0.25, 0.3) is 0 Å². The Hall–Kier alpha value is -1.23. The first-order valence-corrected chi connectivity index (χ1v) is 4.17. The predicted molar refractivity (Wildman–Crippen MR) is 48.7 cm³/mol. The Kier molecular flexibility index (Phi) is 3.13. The number of methoxy groups -OCH3 is 1. The Bertz CT molecular complexity index is 351. The van der Waals surface area contributed by atoms with Crippen LogP contribution in [-0.4, -0.2) is 24.3 Å². The standard InChI is InChI=1S/C8H6BrNO3/c1-13-8(12)5-2-6(9)7(4-11)10-3-5/h2-4H,1H3. The van der Waals surface area contributed by atoms with Crippen LogP contribution in [0.5, 0.6) is 0 Å². The summed E-state index contributed by atoms with van der Waals surface area (Å²) in [4.78, 5) is 25.1. The molecule has 0 amide bonds. The third kappa shape index (κ3) is 2.12.